The molecule has 0 bridgehead atoms. The Kier molecular flexibility index (Phi) is 6.54. The molecule has 4 aliphatic heterocycles. The second-order valence-corrected chi connectivity index (χ2v) is 10.7. The Morgan fingerprint density at radius 2 is 1.97 bits per heavy atom. The van der Waals surface area contributed by atoms with Gasteiger partial charge >= 0.3 is 0 Å². The van der Waals surface area contributed by atoms with Crippen LogP contribution in [0.4, 0.5) is 17.2 Å². The van der Waals surface area contributed by atoms with Crippen molar-refractivity contribution < 1.29 is 4.74 Å². The molecule has 1 aromatic heterocycles. The number of rotatable bonds is 4. The van der Waals surface area contributed by atoms with E-state index in [2.05, 4.69) is 54.5 Å². The third-order valence-electron chi connectivity index (χ3n) is 7.71. The lowest BCUT2D eigenvalue weighted by Gasteiger charge is -2.42. The number of hydrogen-bond acceptors (Lipinski definition) is 9. The number of hydrogen-bond donors (Lipinski definition) is 3. The molecule has 3 fully saturated rings. The molecule has 1 aromatic carbocycles. The fraction of sp³-hybridized carbons (Fsp3) is 0.560. The molecule has 4 aliphatic rings. The minimum absolute atomic E-state index is 0.533. The summed E-state index contributed by atoms with van der Waals surface area (Å²) in [5.41, 5.74) is 8.08. The quantitative estimate of drug-likeness (QED) is 0.572. The molecule has 34 heavy (non-hydrogen) atoms. The van der Waals surface area contributed by atoms with Gasteiger partial charge in [0, 0.05) is 56.4 Å². The lowest BCUT2D eigenvalue weighted by Crippen LogP contribution is -2.58. The molecule has 0 aliphatic carbocycles. The number of aromatic nitrogens is 1. The average Bonchev–Trinajstić information content (AvgIpc) is 3.19. The van der Waals surface area contributed by atoms with Crippen molar-refractivity contribution in [3.05, 3.63) is 41.6 Å². The fourth-order valence-corrected chi connectivity index (χ4v) is 6.39. The van der Waals surface area contributed by atoms with Crippen molar-refractivity contribution >= 4 is 29.1 Å². The summed E-state index contributed by atoms with van der Waals surface area (Å²) in [6, 6.07) is 9.62. The summed E-state index contributed by atoms with van der Waals surface area (Å²) in [4.78, 5) is 9.84. The number of fused-ring (bicyclic) bond motifs is 2. The molecule has 6 rings (SSSR count). The van der Waals surface area contributed by atoms with Crippen LogP contribution in [0.3, 0.4) is 0 Å². The van der Waals surface area contributed by atoms with Crippen LogP contribution < -0.4 is 25.7 Å². The van der Waals surface area contributed by atoms with Gasteiger partial charge in [0.05, 0.1) is 11.3 Å². The van der Waals surface area contributed by atoms with Crippen LogP contribution >= 0.6 is 11.9 Å². The van der Waals surface area contributed by atoms with E-state index in [-0.39, 0.29) is 0 Å². The lowest BCUT2D eigenvalue weighted by molar-refractivity contribution is 0.113. The normalized spacial score (nSPS) is 22.6. The van der Waals surface area contributed by atoms with Gasteiger partial charge in [0.25, 0.3) is 0 Å². The molecule has 0 spiro atoms. The number of ether oxygens (including phenoxy) is 1. The van der Waals surface area contributed by atoms with E-state index in [0.29, 0.717) is 12.5 Å². The van der Waals surface area contributed by atoms with Crippen LogP contribution in [0.5, 0.6) is 5.75 Å². The molecule has 0 amide bonds. The summed E-state index contributed by atoms with van der Waals surface area (Å²) in [5.74, 6) is 3.50. The van der Waals surface area contributed by atoms with Gasteiger partial charge in [0.1, 0.15) is 18.2 Å². The Morgan fingerprint density at radius 1 is 1.09 bits per heavy atom. The van der Waals surface area contributed by atoms with E-state index in [4.69, 9.17) is 9.72 Å². The van der Waals surface area contributed by atoms with Crippen molar-refractivity contribution in [2.24, 2.45) is 0 Å². The van der Waals surface area contributed by atoms with Gasteiger partial charge in [-0.3, -0.25) is 4.90 Å². The number of benzene rings is 1. The highest BCUT2D eigenvalue weighted by molar-refractivity contribution is 7.97. The van der Waals surface area contributed by atoms with Crippen LogP contribution in [0.1, 0.15) is 29.9 Å². The summed E-state index contributed by atoms with van der Waals surface area (Å²) in [7, 11) is 1.99. The summed E-state index contributed by atoms with van der Waals surface area (Å²) in [6.45, 7) is 8.18. The van der Waals surface area contributed by atoms with Gasteiger partial charge in [-0.25, -0.2) is 10.4 Å². The molecule has 5 heterocycles. The zero-order valence-electron chi connectivity index (χ0n) is 19.9. The van der Waals surface area contributed by atoms with Crippen molar-refractivity contribution in [2.45, 2.75) is 31.4 Å². The van der Waals surface area contributed by atoms with Crippen molar-refractivity contribution in [3.8, 4) is 5.75 Å². The van der Waals surface area contributed by atoms with Crippen LogP contribution in [0.15, 0.2) is 30.5 Å². The number of piperidine rings is 1. The van der Waals surface area contributed by atoms with Gasteiger partial charge in [-0.15, -0.1) is 0 Å². The van der Waals surface area contributed by atoms with E-state index in [9.17, 15) is 0 Å². The van der Waals surface area contributed by atoms with Gasteiger partial charge in [0.15, 0.2) is 0 Å². The molecule has 3 N–H and O–H groups in total. The van der Waals surface area contributed by atoms with Crippen molar-refractivity contribution in [1.29, 1.82) is 0 Å². The summed E-state index contributed by atoms with van der Waals surface area (Å²) < 4.78 is 8.53. The molecule has 182 valence electrons. The maximum Gasteiger partial charge on any atom is 0.143 e. The van der Waals surface area contributed by atoms with E-state index in [0.717, 1.165) is 67.3 Å². The number of nitrogens with one attached hydrogen (secondary N) is 3. The lowest BCUT2D eigenvalue weighted by atomic mass is 9.88. The number of anilines is 3. The second kappa shape index (κ2) is 9.91. The first-order valence-corrected chi connectivity index (χ1v) is 13.5. The SMILES string of the molecule is CNN1CCN(c2ccnc3c2COc2ccc(C4CCN(C5CNC5)CC4)cc2N3)CCS1. The zero-order chi connectivity index (χ0) is 22.9. The molecule has 2 aromatic rings. The smallest absolute Gasteiger partial charge is 0.143 e. The monoisotopic (exact) mass is 481 g/mol. The number of pyridine rings is 1. The van der Waals surface area contributed by atoms with E-state index >= 15 is 0 Å². The van der Waals surface area contributed by atoms with Gasteiger partial charge in [-0.2, -0.15) is 4.41 Å². The highest BCUT2D eigenvalue weighted by Crippen LogP contribution is 2.40. The molecule has 9 heteroatoms. The molecule has 0 atom stereocenters. The molecule has 8 nitrogen and oxygen atoms in total. The van der Waals surface area contributed by atoms with Crippen molar-refractivity contribution in [1.82, 2.24) is 25.0 Å². The molecule has 0 saturated carbocycles. The standard InChI is InChI=1S/C25H35N7OS/c1-26-32-11-10-31(12-13-34-32)23-4-7-28-25-21(23)17-33-24-3-2-19(14-22(24)29-25)18-5-8-30(9-6-18)20-15-27-16-20/h2-4,7,14,18,20,26-27H,5-6,8-13,15-17H2,1H3,(H,28,29). The van der Waals surface area contributed by atoms with E-state index < -0.39 is 0 Å². The third kappa shape index (κ3) is 4.47. The van der Waals surface area contributed by atoms with Gasteiger partial charge in [0.2, 0.25) is 0 Å². The Labute approximate surface area is 206 Å². The Hall–Kier alpha value is -2.04. The van der Waals surface area contributed by atoms with Crippen molar-refractivity contribution in [2.75, 3.05) is 68.8 Å². The topological polar surface area (TPSA) is 67.9 Å². The van der Waals surface area contributed by atoms with Gasteiger partial charge < -0.3 is 20.3 Å². The predicted octanol–water partition coefficient (Wildman–Crippen LogP) is 2.77. The number of likely N-dealkylation sites (tertiary alicyclic amines) is 1. The van der Waals surface area contributed by atoms with Crippen LogP contribution in [0.25, 0.3) is 0 Å². The molecular weight excluding hydrogens is 446 g/mol. The van der Waals surface area contributed by atoms with Crippen LogP contribution in [-0.2, 0) is 6.61 Å². The first kappa shape index (κ1) is 22.4. The Morgan fingerprint density at radius 3 is 2.76 bits per heavy atom. The first-order chi connectivity index (χ1) is 16.8. The average molecular weight is 482 g/mol. The van der Waals surface area contributed by atoms with Gasteiger partial charge in [-0.05, 0) is 62.7 Å². The Balaban J connectivity index is 1.19. The summed E-state index contributed by atoms with van der Waals surface area (Å²) >= 11 is 1.85. The molecule has 0 unspecified atom stereocenters. The van der Waals surface area contributed by atoms with Crippen molar-refractivity contribution in [3.63, 3.8) is 0 Å². The van der Waals surface area contributed by atoms with Crippen LogP contribution in [0.2, 0.25) is 0 Å². The molecule has 3 saturated heterocycles. The van der Waals surface area contributed by atoms with Crippen LogP contribution in [-0.4, -0.2) is 79.0 Å². The minimum atomic E-state index is 0.533. The Bertz CT molecular complexity index is 1010. The fourth-order valence-electron chi connectivity index (χ4n) is 5.53. The number of hydrazine groups is 1. The maximum atomic E-state index is 6.32. The summed E-state index contributed by atoms with van der Waals surface area (Å²) in [5, 5.41) is 7.04. The van der Waals surface area contributed by atoms with E-state index in [1.807, 2.05) is 25.2 Å². The second-order valence-electron chi connectivity index (χ2n) is 9.59. The maximum absolute atomic E-state index is 6.32. The molecular formula is C25H35N7OS. The largest absolute Gasteiger partial charge is 0.487 e. The summed E-state index contributed by atoms with van der Waals surface area (Å²) in [6.07, 6.45) is 4.38. The predicted molar refractivity (Wildman–Crippen MR) is 139 cm³/mol. The van der Waals surface area contributed by atoms with E-state index in [1.54, 1.807) is 0 Å². The van der Waals surface area contributed by atoms with Crippen LogP contribution in [0, 0.1) is 0 Å². The van der Waals surface area contributed by atoms with Gasteiger partial charge in [-0.1, -0.05) is 18.0 Å². The van der Waals surface area contributed by atoms with E-state index in [1.165, 1.54) is 37.2 Å². The number of nitrogens with zero attached hydrogens (tertiary/aromatic N) is 4. The highest BCUT2D eigenvalue weighted by Gasteiger charge is 2.30. The highest BCUT2D eigenvalue weighted by atomic mass is 32.2. The first-order valence-electron chi connectivity index (χ1n) is 12.6. The minimum Gasteiger partial charge on any atom is -0.487 e. The third-order valence-corrected chi connectivity index (χ3v) is 8.75. The molecule has 0 radical (unpaired) electrons. The zero-order valence-corrected chi connectivity index (χ0v) is 20.7.